The molecule has 0 heterocycles. The number of carbonyl (C=O) groups excluding carboxylic acids is 2. The molecule has 0 saturated heterocycles. The van der Waals surface area contributed by atoms with E-state index in [2.05, 4.69) is 10.6 Å². The van der Waals surface area contributed by atoms with Gasteiger partial charge >= 0.3 is 11.8 Å². The van der Waals surface area contributed by atoms with Gasteiger partial charge in [0.25, 0.3) is 0 Å². The molecular formula is C20H24N2O5. The predicted molar refractivity (Wildman–Crippen MR) is 103 cm³/mol. The summed E-state index contributed by atoms with van der Waals surface area (Å²) in [6.07, 6.45) is 0.558. The van der Waals surface area contributed by atoms with Crippen molar-refractivity contribution >= 4 is 17.5 Å². The summed E-state index contributed by atoms with van der Waals surface area (Å²) < 4.78 is 15.8. The van der Waals surface area contributed by atoms with Crippen molar-refractivity contribution in [3.05, 3.63) is 48.0 Å². The van der Waals surface area contributed by atoms with E-state index in [-0.39, 0.29) is 0 Å². The number of benzene rings is 2. The molecule has 144 valence electrons. The smallest absolute Gasteiger partial charge is 0.313 e. The van der Waals surface area contributed by atoms with Gasteiger partial charge in [0.1, 0.15) is 5.75 Å². The Morgan fingerprint density at radius 1 is 0.926 bits per heavy atom. The van der Waals surface area contributed by atoms with Crippen LogP contribution in [-0.2, 0) is 16.0 Å². The summed E-state index contributed by atoms with van der Waals surface area (Å²) in [5.41, 5.74) is 1.48. The SMILES string of the molecule is CCOc1ccc(NC(=O)C(=O)NCCc2ccc(OC)c(OC)c2)cc1. The number of anilines is 1. The third-order valence-electron chi connectivity index (χ3n) is 3.78. The van der Waals surface area contributed by atoms with Crippen molar-refractivity contribution < 1.29 is 23.8 Å². The molecule has 2 rings (SSSR count). The normalized spacial score (nSPS) is 10.0. The Bertz CT molecular complexity index is 774. The van der Waals surface area contributed by atoms with Gasteiger partial charge < -0.3 is 24.8 Å². The van der Waals surface area contributed by atoms with Crippen LogP contribution in [0.5, 0.6) is 17.2 Å². The van der Waals surface area contributed by atoms with E-state index in [1.54, 1.807) is 44.6 Å². The number of carbonyl (C=O) groups is 2. The number of rotatable bonds is 8. The molecule has 0 fully saturated rings. The maximum atomic E-state index is 12.0. The molecule has 0 spiro atoms. The fourth-order valence-electron chi connectivity index (χ4n) is 2.43. The van der Waals surface area contributed by atoms with Gasteiger partial charge in [-0.2, -0.15) is 0 Å². The molecule has 0 aromatic heterocycles. The third-order valence-corrected chi connectivity index (χ3v) is 3.78. The molecule has 0 bridgehead atoms. The number of ether oxygens (including phenoxy) is 3. The zero-order chi connectivity index (χ0) is 19.6. The number of methoxy groups -OCH3 is 2. The molecule has 27 heavy (non-hydrogen) atoms. The molecule has 0 radical (unpaired) electrons. The van der Waals surface area contributed by atoms with Crippen LogP contribution in [0.4, 0.5) is 5.69 Å². The van der Waals surface area contributed by atoms with Crippen molar-refractivity contribution in [1.29, 1.82) is 0 Å². The van der Waals surface area contributed by atoms with E-state index >= 15 is 0 Å². The molecule has 0 saturated carbocycles. The first-order valence-electron chi connectivity index (χ1n) is 8.60. The van der Waals surface area contributed by atoms with E-state index in [0.717, 1.165) is 5.56 Å². The van der Waals surface area contributed by atoms with Crippen molar-refractivity contribution in [2.24, 2.45) is 0 Å². The molecule has 0 unspecified atom stereocenters. The Kier molecular flexibility index (Phi) is 7.49. The summed E-state index contributed by atoms with van der Waals surface area (Å²) in [6, 6.07) is 12.3. The summed E-state index contributed by atoms with van der Waals surface area (Å²) in [5.74, 6) is 0.556. The van der Waals surface area contributed by atoms with Crippen molar-refractivity contribution in [2.75, 3.05) is 32.7 Å². The number of hydrogen-bond donors (Lipinski definition) is 2. The van der Waals surface area contributed by atoms with Crippen molar-refractivity contribution in [3.8, 4) is 17.2 Å². The van der Waals surface area contributed by atoms with Crippen LogP contribution in [0.25, 0.3) is 0 Å². The summed E-state index contributed by atoms with van der Waals surface area (Å²) >= 11 is 0. The minimum absolute atomic E-state index is 0.324. The average molecular weight is 372 g/mol. The van der Waals surface area contributed by atoms with Crippen molar-refractivity contribution in [2.45, 2.75) is 13.3 Å². The van der Waals surface area contributed by atoms with Gasteiger partial charge in [0.2, 0.25) is 0 Å². The number of hydrogen-bond acceptors (Lipinski definition) is 5. The second-order valence-electron chi connectivity index (χ2n) is 5.61. The molecule has 0 aliphatic carbocycles. The maximum absolute atomic E-state index is 12.0. The van der Waals surface area contributed by atoms with Gasteiger partial charge in [-0.1, -0.05) is 6.07 Å². The summed E-state index contributed by atoms with van der Waals surface area (Å²) in [5, 5.41) is 5.15. The Balaban J connectivity index is 1.82. The molecule has 2 aromatic carbocycles. The van der Waals surface area contributed by atoms with E-state index in [9.17, 15) is 9.59 Å². The molecule has 7 nitrogen and oxygen atoms in total. The Morgan fingerprint density at radius 3 is 2.26 bits per heavy atom. The number of nitrogens with one attached hydrogen (secondary N) is 2. The topological polar surface area (TPSA) is 85.9 Å². The lowest BCUT2D eigenvalue weighted by molar-refractivity contribution is -0.136. The molecule has 2 N–H and O–H groups in total. The Morgan fingerprint density at radius 2 is 1.63 bits per heavy atom. The average Bonchev–Trinajstić information content (AvgIpc) is 2.69. The highest BCUT2D eigenvalue weighted by Gasteiger charge is 2.13. The summed E-state index contributed by atoms with van der Waals surface area (Å²) in [7, 11) is 3.13. The fourth-order valence-corrected chi connectivity index (χ4v) is 2.43. The maximum Gasteiger partial charge on any atom is 0.313 e. The Hall–Kier alpha value is -3.22. The largest absolute Gasteiger partial charge is 0.494 e. The number of amides is 2. The highest BCUT2D eigenvalue weighted by atomic mass is 16.5. The van der Waals surface area contributed by atoms with Gasteiger partial charge in [-0.25, -0.2) is 0 Å². The molecule has 7 heteroatoms. The van der Waals surface area contributed by atoms with Crippen molar-refractivity contribution in [3.63, 3.8) is 0 Å². The minimum Gasteiger partial charge on any atom is -0.494 e. The first kappa shape index (κ1) is 20.1. The molecule has 0 aliphatic rings. The zero-order valence-electron chi connectivity index (χ0n) is 15.7. The fraction of sp³-hybridized carbons (Fsp3) is 0.300. The first-order chi connectivity index (χ1) is 13.1. The van der Waals surface area contributed by atoms with Crippen molar-refractivity contribution in [1.82, 2.24) is 5.32 Å². The van der Waals surface area contributed by atoms with Gasteiger partial charge in [0.15, 0.2) is 11.5 Å². The molecular weight excluding hydrogens is 348 g/mol. The zero-order valence-corrected chi connectivity index (χ0v) is 15.7. The second-order valence-corrected chi connectivity index (χ2v) is 5.61. The molecule has 2 aromatic rings. The highest BCUT2D eigenvalue weighted by Crippen LogP contribution is 2.27. The molecule has 2 amide bonds. The molecule has 0 atom stereocenters. The van der Waals surface area contributed by atoms with Crippen LogP contribution in [0.1, 0.15) is 12.5 Å². The summed E-state index contributed by atoms with van der Waals surface area (Å²) in [4.78, 5) is 23.9. The first-order valence-corrected chi connectivity index (χ1v) is 8.60. The van der Waals surface area contributed by atoms with Crippen LogP contribution >= 0.6 is 0 Å². The summed E-state index contributed by atoms with van der Waals surface area (Å²) in [6.45, 7) is 2.78. The predicted octanol–water partition coefficient (Wildman–Crippen LogP) is 2.40. The standard InChI is InChI=1S/C20H24N2O5/c1-4-27-16-8-6-15(7-9-16)22-20(24)19(23)21-12-11-14-5-10-17(25-2)18(13-14)26-3/h5-10,13H,4,11-12H2,1-3H3,(H,21,23)(H,22,24). The second kappa shape index (κ2) is 10.1. The van der Waals surface area contributed by atoms with Gasteiger partial charge in [0.05, 0.1) is 20.8 Å². The molecule has 0 aliphatic heterocycles. The van der Waals surface area contributed by atoms with Crippen LogP contribution in [-0.4, -0.2) is 39.2 Å². The van der Waals surface area contributed by atoms with Crippen LogP contribution in [0, 0.1) is 0 Å². The lowest BCUT2D eigenvalue weighted by Gasteiger charge is -2.10. The lowest BCUT2D eigenvalue weighted by Crippen LogP contribution is -2.36. The van der Waals surface area contributed by atoms with Crippen LogP contribution in [0.15, 0.2) is 42.5 Å². The minimum atomic E-state index is -0.716. The van der Waals surface area contributed by atoms with Gasteiger partial charge in [-0.05, 0) is 55.3 Å². The van der Waals surface area contributed by atoms with E-state index in [1.807, 2.05) is 19.1 Å². The lowest BCUT2D eigenvalue weighted by atomic mass is 10.1. The van der Waals surface area contributed by atoms with E-state index in [1.165, 1.54) is 0 Å². The monoisotopic (exact) mass is 372 g/mol. The Labute approximate surface area is 158 Å². The van der Waals surface area contributed by atoms with Crippen LogP contribution < -0.4 is 24.8 Å². The highest BCUT2D eigenvalue weighted by molar-refractivity contribution is 6.39. The van der Waals surface area contributed by atoms with Crippen LogP contribution in [0.3, 0.4) is 0 Å². The quantitative estimate of drug-likeness (QED) is 0.695. The van der Waals surface area contributed by atoms with E-state index in [0.29, 0.717) is 42.5 Å². The van der Waals surface area contributed by atoms with Crippen LogP contribution in [0.2, 0.25) is 0 Å². The van der Waals surface area contributed by atoms with E-state index < -0.39 is 11.8 Å². The van der Waals surface area contributed by atoms with E-state index in [4.69, 9.17) is 14.2 Å². The van der Waals surface area contributed by atoms with Gasteiger partial charge in [-0.15, -0.1) is 0 Å². The van der Waals surface area contributed by atoms with Gasteiger partial charge in [0, 0.05) is 12.2 Å². The third kappa shape index (κ3) is 5.91. The van der Waals surface area contributed by atoms with Gasteiger partial charge in [-0.3, -0.25) is 9.59 Å².